The number of aliphatic hydroxyl groups is 1. The molecule has 0 bridgehead atoms. The Morgan fingerprint density at radius 2 is 2.08 bits per heavy atom. The van der Waals surface area contributed by atoms with Crippen LogP contribution >= 0.6 is 15.9 Å². The van der Waals surface area contributed by atoms with Crippen molar-refractivity contribution in [1.29, 1.82) is 0 Å². The van der Waals surface area contributed by atoms with Crippen LogP contribution in [0, 0.1) is 5.92 Å². The summed E-state index contributed by atoms with van der Waals surface area (Å²) in [6.45, 7) is 0.271. The topological polar surface area (TPSA) is 20.2 Å². The summed E-state index contributed by atoms with van der Waals surface area (Å²) in [7, 11) is 0. The summed E-state index contributed by atoms with van der Waals surface area (Å²) in [6, 6.07) is 10.3. The monoisotopic (exact) mass is 240 g/mol. The van der Waals surface area contributed by atoms with E-state index in [0.29, 0.717) is 5.92 Å². The van der Waals surface area contributed by atoms with Gasteiger partial charge >= 0.3 is 0 Å². The maximum Gasteiger partial charge on any atom is 0.0531 e. The fourth-order valence-corrected chi connectivity index (χ4v) is 2.84. The summed E-state index contributed by atoms with van der Waals surface area (Å²) in [5, 5.41) is 10.4. The molecule has 1 aromatic carbocycles. The van der Waals surface area contributed by atoms with Crippen molar-refractivity contribution >= 4 is 15.9 Å². The summed E-state index contributed by atoms with van der Waals surface area (Å²) >= 11 is 3.48. The highest BCUT2D eigenvalue weighted by atomic mass is 79.9. The van der Waals surface area contributed by atoms with Crippen molar-refractivity contribution in [3.05, 3.63) is 35.9 Å². The van der Waals surface area contributed by atoms with Gasteiger partial charge in [0, 0.05) is 10.7 Å². The second-order valence-electron chi connectivity index (χ2n) is 3.74. The van der Waals surface area contributed by atoms with Crippen LogP contribution < -0.4 is 0 Å². The maximum atomic E-state index is 9.39. The molecule has 2 unspecified atom stereocenters. The van der Waals surface area contributed by atoms with Crippen molar-refractivity contribution in [3.8, 4) is 0 Å². The zero-order valence-corrected chi connectivity index (χ0v) is 9.00. The first kappa shape index (κ1) is 9.22. The molecule has 13 heavy (non-hydrogen) atoms. The van der Waals surface area contributed by atoms with E-state index >= 15 is 0 Å². The lowest BCUT2D eigenvalue weighted by Crippen LogP contribution is -2.15. The molecule has 1 aliphatic carbocycles. The van der Waals surface area contributed by atoms with Gasteiger partial charge in [-0.15, -0.1) is 0 Å². The number of hydrogen-bond donors (Lipinski definition) is 1. The van der Waals surface area contributed by atoms with Crippen LogP contribution in [0.1, 0.15) is 12.0 Å². The van der Waals surface area contributed by atoms with E-state index in [1.807, 2.05) is 18.2 Å². The molecule has 1 nitrogen and oxygen atoms in total. The Labute approximate surface area is 86.9 Å². The second-order valence-corrected chi connectivity index (χ2v) is 4.38. The highest BCUT2D eigenvalue weighted by molar-refractivity contribution is 9.09. The predicted molar refractivity (Wildman–Crippen MR) is 57.1 cm³/mol. The number of benzene rings is 1. The van der Waals surface area contributed by atoms with E-state index in [1.54, 1.807) is 0 Å². The molecule has 0 aromatic heterocycles. The van der Waals surface area contributed by atoms with Gasteiger partial charge in [0.25, 0.3) is 0 Å². The van der Waals surface area contributed by atoms with Gasteiger partial charge in [-0.1, -0.05) is 46.3 Å². The number of hydrogen-bond acceptors (Lipinski definition) is 1. The second kappa shape index (κ2) is 3.43. The van der Waals surface area contributed by atoms with E-state index in [4.69, 9.17) is 0 Å². The van der Waals surface area contributed by atoms with E-state index < -0.39 is 0 Å². The van der Waals surface area contributed by atoms with Gasteiger partial charge in [0.15, 0.2) is 0 Å². The molecule has 0 radical (unpaired) electrons. The zero-order chi connectivity index (χ0) is 9.31. The third-order valence-corrected chi connectivity index (χ3v) is 3.83. The molecule has 0 aliphatic heterocycles. The highest BCUT2D eigenvalue weighted by Gasteiger charge is 2.53. The van der Waals surface area contributed by atoms with Crippen molar-refractivity contribution in [2.24, 2.45) is 5.92 Å². The van der Waals surface area contributed by atoms with E-state index in [0.717, 1.165) is 11.8 Å². The molecular formula is C11H13BrO. The van der Waals surface area contributed by atoms with Gasteiger partial charge in [0.1, 0.15) is 0 Å². The molecule has 0 heterocycles. The van der Waals surface area contributed by atoms with Gasteiger partial charge in [-0.3, -0.25) is 0 Å². The summed E-state index contributed by atoms with van der Waals surface area (Å²) < 4.78 is 0. The van der Waals surface area contributed by atoms with Crippen LogP contribution in [0.4, 0.5) is 0 Å². The van der Waals surface area contributed by atoms with E-state index in [9.17, 15) is 5.11 Å². The normalized spacial score (nSPS) is 31.7. The Balaban J connectivity index is 2.25. The first-order valence-electron chi connectivity index (χ1n) is 4.56. The van der Waals surface area contributed by atoms with Gasteiger partial charge in [-0.2, -0.15) is 0 Å². The first-order valence-corrected chi connectivity index (χ1v) is 5.68. The molecule has 70 valence electrons. The Morgan fingerprint density at radius 1 is 1.38 bits per heavy atom. The maximum absolute atomic E-state index is 9.39. The first-order chi connectivity index (χ1) is 6.33. The fraction of sp³-hybridized carbons (Fsp3) is 0.455. The number of rotatable bonds is 3. The largest absolute Gasteiger partial charge is 0.395 e. The highest BCUT2D eigenvalue weighted by Crippen LogP contribution is 2.54. The molecular weight excluding hydrogens is 228 g/mol. The van der Waals surface area contributed by atoms with Crippen LogP contribution in [0.15, 0.2) is 30.3 Å². The lowest BCUT2D eigenvalue weighted by molar-refractivity contribution is 0.247. The van der Waals surface area contributed by atoms with Gasteiger partial charge < -0.3 is 5.11 Å². The Morgan fingerprint density at radius 3 is 2.54 bits per heavy atom. The van der Waals surface area contributed by atoms with Crippen LogP contribution in [0.5, 0.6) is 0 Å². The molecule has 0 spiro atoms. The summed E-state index contributed by atoms with van der Waals surface area (Å²) in [6.07, 6.45) is 1.11. The van der Waals surface area contributed by atoms with Gasteiger partial charge in [-0.25, -0.2) is 0 Å². The van der Waals surface area contributed by atoms with Crippen molar-refractivity contribution in [2.45, 2.75) is 11.8 Å². The van der Waals surface area contributed by atoms with Crippen molar-refractivity contribution in [3.63, 3.8) is 0 Å². The van der Waals surface area contributed by atoms with Crippen LogP contribution in [0.2, 0.25) is 0 Å². The standard InChI is InChI=1S/C11H13BrO/c12-7-10-6-11(10,8-13)9-4-2-1-3-5-9/h1-5,10,13H,6-8H2. The molecule has 2 rings (SSSR count). The molecule has 1 fully saturated rings. The molecule has 1 N–H and O–H groups in total. The molecule has 1 saturated carbocycles. The number of halogens is 1. The Hall–Kier alpha value is -0.340. The minimum Gasteiger partial charge on any atom is -0.395 e. The molecule has 2 atom stereocenters. The number of aliphatic hydroxyl groups excluding tert-OH is 1. The number of alkyl halides is 1. The Kier molecular flexibility index (Phi) is 2.43. The zero-order valence-electron chi connectivity index (χ0n) is 7.41. The molecule has 0 amide bonds. The lowest BCUT2D eigenvalue weighted by Gasteiger charge is -2.13. The molecule has 1 aliphatic rings. The minimum absolute atomic E-state index is 0.0603. The average molecular weight is 241 g/mol. The third-order valence-electron chi connectivity index (χ3n) is 3.05. The quantitative estimate of drug-likeness (QED) is 0.805. The summed E-state index contributed by atoms with van der Waals surface area (Å²) in [5.74, 6) is 0.611. The fourth-order valence-electron chi connectivity index (χ4n) is 1.99. The predicted octanol–water partition coefficient (Wildman–Crippen LogP) is 2.33. The van der Waals surface area contributed by atoms with Crippen molar-refractivity contribution in [1.82, 2.24) is 0 Å². The van der Waals surface area contributed by atoms with Crippen molar-refractivity contribution in [2.75, 3.05) is 11.9 Å². The third kappa shape index (κ3) is 1.42. The van der Waals surface area contributed by atoms with Gasteiger partial charge in [0.2, 0.25) is 0 Å². The van der Waals surface area contributed by atoms with Gasteiger partial charge in [-0.05, 0) is 17.9 Å². The van der Waals surface area contributed by atoms with Crippen LogP contribution in [-0.4, -0.2) is 17.0 Å². The van der Waals surface area contributed by atoms with Crippen LogP contribution in [-0.2, 0) is 5.41 Å². The van der Waals surface area contributed by atoms with E-state index in [1.165, 1.54) is 5.56 Å². The van der Waals surface area contributed by atoms with Crippen molar-refractivity contribution < 1.29 is 5.11 Å². The van der Waals surface area contributed by atoms with E-state index in [2.05, 4.69) is 28.1 Å². The lowest BCUT2D eigenvalue weighted by atomic mass is 9.95. The average Bonchev–Trinajstić information content (AvgIpc) is 2.94. The molecule has 1 aromatic rings. The minimum atomic E-state index is 0.0603. The van der Waals surface area contributed by atoms with E-state index in [-0.39, 0.29) is 12.0 Å². The summed E-state index contributed by atoms with van der Waals surface area (Å²) in [5.41, 5.74) is 1.34. The smallest absolute Gasteiger partial charge is 0.0531 e. The SMILES string of the molecule is OCC1(c2ccccc2)CC1CBr. The molecule has 2 heteroatoms. The van der Waals surface area contributed by atoms with Gasteiger partial charge in [0.05, 0.1) is 6.61 Å². The Bertz CT molecular complexity index is 285. The van der Waals surface area contributed by atoms with Crippen LogP contribution in [0.25, 0.3) is 0 Å². The molecule has 0 saturated heterocycles. The summed E-state index contributed by atoms with van der Waals surface area (Å²) in [4.78, 5) is 0. The van der Waals surface area contributed by atoms with Crippen LogP contribution in [0.3, 0.4) is 0 Å².